The smallest absolute Gasteiger partial charge is 0.459 e. The zero-order chi connectivity index (χ0) is 16.1. The normalized spacial score (nSPS) is 15.4. The van der Waals surface area contributed by atoms with Gasteiger partial charge in [-0.05, 0) is 19.3 Å². The minimum absolute atomic E-state index is 0.186. The van der Waals surface area contributed by atoms with Crippen LogP contribution in [-0.2, 0) is 19.1 Å². The summed E-state index contributed by atoms with van der Waals surface area (Å²) >= 11 is 0. The zero-order valence-electron chi connectivity index (χ0n) is 10.5. The van der Waals surface area contributed by atoms with Crippen LogP contribution >= 0.6 is 0 Å². The van der Waals surface area contributed by atoms with Crippen molar-refractivity contribution in [3.63, 3.8) is 0 Å². The molecule has 10 heteroatoms. The van der Waals surface area contributed by atoms with Crippen LogP contribution in [0.1, 0.15) is 20.3 Å². The lowest BCUT2D eigenvalue weighted by atomic mass is 10.0. The Morgan fingerprint density at radius 1 is 0.950 bits per heavy atom. The highest BCUT2D eigenvalue weighted by atomic mass is 19.4. The van der Waals surface area contributed by atoms with E-state index in [9.17, 15) is 35.9 Å². The second-order valence-electron chi connectivity index (χ2n) is 4.01. The van der Waals surface area contributed by atoms with Crippen LogP contribution in [0.2, 0.25) is 0 Å². The van der Waals surface area contributed by atoms with Gasteiger partial charge in [-0.3, -0.25) is 0 Å². The number of ether oxygens (including phenoxy) is 2. The number of carbonyl (C=O) groups excluding carboxylic acids is 2. The lowest BCUT2D eigenvalue weighted by Crippen LogP contribution is -2.32. The number of esters is 2. The number of hydrogen-bond acceptors (Lipinski definition) is 4. The highest BCUT2D eigenvalue weighted by molar-refractivity contribution is 5.76. The first-order valence-electron chi connectivity index (χ1n) is 5.37. The van der Waals surface area contributed by atoms with Crippen molar-refractivity contribution in [3.05, 3.63) is 0 Å². The van der Waals surface area contributed by atoms with Gasteiger partial charge in [0.2, 0.25) is 0 Å². The predicted octanol–water partition coefficient (Wildman–Crippen LogP) is 2.61. The third-order valence-electron chi connectivity index (χ3n) is 2.36. The van der Waals surface area contributed by atoms with Gasteiger partial charge in [0.25, 0.3) is 0 Å². The molecule has 2 unspecified atom stereocenters. The molecule has 0 bridgehead atoms. The van der Waals surface area contributed by atoms with Crippen LogP contribution in [-0.4, -0.2) is 37.0 Å². The van der Waals surface area contributed by atoms with Crippen molar-refractivity contribution < 1.29 is 45.4 Å². The molecule has 0 heterocycles. The van der Waals surface area contributed by atoms with E-state index in [2.05, 4.69) is 9.47 Å². The van der Waals surface area contributed by atoms with Crippen LogP contribution < -0.4 is 0 Å². The maximum Gasteiger partial charge on any atom is 0.490 e. The number of carbonyl (C=O) groups is 2. The first kappa shape index (κ1) is 18.5. The van der Waals surface area contributed by atoms with Crippen LogP contribution in [0, 0.1) is 5.92 Å². The highest BCUT2D eigenvalue weighted by Crippen LogP contribution is 2.21. The molecular formula is C10H12F6O4. The van der Waals surface area contributed by atoms with Crippen LogP contribution in [0.15, 0.2) is 0 Å². The summed E-state index contributed by atoms with van der Waals surface area (Å²) in [6.45, 7) is 1.85. The van der Waals surface area contributed by atoms with Crippen molar-refractivity contribution in [3.8, 4) is 0 Å². The lowest BCUT2D eigenvalue weighted by molar-refractivity contribution is -0.207. The Kier molecular flexibility index (Phi) is 6.30. The van der Waals surface area contributed by atoms with Crippen LogP contribution in [0.4, 0.5) is 26.3 Å². The molecular weight excluding hydrogens is 298 g/mol. The average Bonchev–Trinajstić information content (AvgIpc) is 2.25. The first-order chi connectivity index (χ1) is 8.85. The van der Waals surface area contributed by atoms with E-state index in [0.29, 0.717) is 0 Å². The summed E-state index contributed by atoms with van der Waals surface area (Å²) in [5.74, 6) is -5.49. The molecule has 0 aliphatic carbocycles. The minimum Gasteiger partial charge on any atom is -0.459 e. The summed E-state index contributed by atoms with van der Waals surface area (Å²) in [5.41, 5.74) is 0. The Labute approximate surface area is 110 Å². The first-order valence-corrected chi connectivity index (χ1v) is 5.37. The van der Waals surface area contributed by atoms with Gasteiger partial charge in [0.1, 0.15) is 6.10 Å². The minimum atomic E-state index is -5.14. The van der Waals surface area contributed by atoms with Crippen molar-refractivity contribution in [1.29, 1.82) is 0 Å². The molecule has 0 aromatic heterocycles. The van der Waals surface area contributed by atoms with Gasteiger partial charge in [0, 0.05) is 0 Å². The quantitative estimate of drug-likeness (QED) is 0.578. The van der Waals surface area contributed by atoms with E-state index in [4.69, 9.17) is 0 Å². The molecule has 0 spiro atoms. The Bertz CT molecular complexity index is 349. The SMILES string of the molecule is CC(CCOC(=O)C(F)(F)F)C(C)OC(=O)C(F)(F)F. The van der Waals surface area contributed by atoms with Gasteiger partial charge >= 0.3 is 24.3 Å². The maximum absolute atomic E-state index is 11.9. The van der Waals surface area contributed by atoms with E-state index in [1.807, 2.05) is 0 Å². The molecule has 0 rings (SSSR count). The standard InChI is InChI=1S/C10H12F6O4/c1-5(3-4-19-7(17)9(11,12)13)6(2)20-8(18)10(14,15)16/h5-6H,3-4H2,1-2H3. The van der Waals surface area contributed by atoms with Crippen LogP contribution in [0.3, 0.4) is 0 Å². The van der Waals surface area contributed by atoms with Gasteiger partial charge in [-0.1, -0.05) is 6.92 Å². The van der Waals surface area contributed by atoms with E-state index >= 15 is 0 Å². The van der Waals surface area contributed by atoms with Gasteiger partial charge in [-0.15, -0.1) is 0 Å². The van der Waals surface area contributed by atoms with Gasteiger partial charge in [-0.25, -0.2) is 9.59 Å². The summed E-state index contributed by atoms with van der Waals surface area (Å²) in [6, 6.07) is 0. The predicted molar refractivity (Wildman–Crippen MR) is 52.4 cm³/mol. The highest BCUT2D eigenvalue weighted by Gasteiger charge is 2.42. The van der Waals surface area contributed by atoms with Crippen molar-refractivity contribution in [2.45, 2.75) is 38.7 Å². The topological polar surface area (TPSA) is 52.6 Å². The molecule has 2 atom stereocenters. The molecule has 0 aromatic rings. The molecule has 0 aromatic carbocycles. The summed E-state index contributed by atoms with van der Waals surface area (Å²) < 4.78 is 78.9. The lowest BCUT2D eigenvalue weighted by Gasteiger charge is -2.20. The van der Waals surface area contributed by atoms with E-state index in [1.165, 1.54) is 6.92 Å². The monoisotopic (exact) mass is 310 g/mol. The third-order valence-corrected chi connectivity index (χ3v) is 2.36. The molecule has 0 radical (unpaired) electrons. The molecule has 0 saturated heterocycles. The zero-order valence-corrected chi connectivity index (χ0v) is 10.5. The number of rotatable bonds is 5. The molecule has 0 aliphatic heterocycles. The fraction of sp³-hybridized carbons (Fsp3) is 0.800. The fourth-order valence-corrected chi connectivity index (χ4v) is 1.01. The van der Waals surface area contributed by atoms with E-state index in [1.54, 1.807) is 0 Å². The van der Waals surface area contributed by atoms with Gasteiger partial charge in [0.15, 0.2) is 0 Å². The largest absolute Gasteiger partial charge is 0.490 e. The average molecular weight is 310 g/mol. The molecule has 0 N–H and O–H groups in total. The molecule has 20 heavy (non-hydrogen) atoms. The molecule has 0 amide bonds. The van der Waals surface area contributed by atoms with E-state index in [0.717, 1.165) is 6.92 Å². The molecule has 0 aliphatic rings. The molecule has 0 saturated carbocycles. The van der Waals surface area contributed by atoms with Crippen LogP contribution in [0.25, 0.3) is 0 Å². The number of halogens is 6. The summed E-state index contributed by atoms with van der Waals surface area (Å²) in [4.78, 5) is 20.9. The Morgan fingerprint density at radius 2 is 1.40 bits per heavy atom. The Hall–Kier alpha value is -1.48. The van der Waals surface area contributed by atoms with Gasteiger partial charge in [-0.2, -0.15) is 26.3 Å². The van der Waals surface area contributed by atoms with Crippen molar-refractivity contribution in [2.75, 3.05) is 6.61 Å². The van der Waals surface area contributed by atoms with Crippen molar-refractivity contribution in [1.82, 2.24) is 0 Å². The van der Waals surface area contributed by atoms with E-state index < -0.39 is 42.9 Å². The fourth-order valence-electron chi connectivity index (χ4n) is 1.01. The molecule has 118 valence electrons. The number of hydrogen-bond donors (Lipinski definition) is 0. The molecule has 4 nitrogen and oxygen atoms in total. The van der Waals surface area contributed by atoms with Gasteiger partial charge < -0.3 is 9.47 Å². The van der Waals surface area contributed by atoms with Crippen LogP contribution in [0.5, 0.6) is 0 Å². The Morgan fingerprint density at radius 3 is 1.80 bits per heavy atom. The van der Waals surface area contributed by atoms with Gasteiger partial charge in [0.05, 0.1) is 6.61 Å². The maximum atomic E-state index is 11.9. The van der Waals surface area contributed by atoms with Crippen molar-refractivity contribution in [2.24, 2.45) is 5.92 Å². The molecule has 0 fully saturated rings. The second kappa shape index (κ2) is 6.80. The second-order valence-corrected chi connectivity index (χ2v) is 4.01. The summed E-state index contributed by atoms with van der Waals surface area (Å²) in [7, 11) is 0. The van der Waals surface area contributed by atoms with Crippen molar-refractivity contribution >= 4 is 11.9 Å². The number of alkyl halides is 6. The third kappa shape index (κ3) is 6.62. The summed E-state index contributed by atoms with van der Waals surface area (Å²) in [6.07, 6.45) is -11.6. The summed E-state index contributed by atoms with van der Waals surface area (Å²) in [5, 5.41) is 0. The Balaban J connectivity index is 4.13. The van der Waals surface area contributed by atoms with E-state index in [-0.39, 0.29) is 6.42 Å².